The molecule has 1 aliphatic heterocycles. The van der Waals surface area contributed by atoms with Gasteiger partial charge < -0.3 is 15.4 Å². The summed E-state index contributed by atoms with van der Waals surface area (Å²) in [5, 5.41) is 5.45. The van der Waals surface area contributed by atoms with Gasteiger partial charge in [0.25, 0.3) is 5.91 Å². The summed E-state index contributed by atoms with van der Waals surface area (Å²) >= 11 is 0. The van der Waals surface area contributed by atoms with E-state index in [-0.39, 0.29) is 18.4 Å². The Hall–Kier alpha value is -3.35. The van der Waals surface area contributed by atoms with Crippen molar-refractivity contribution in [3.63, 3.8) is 0 Å². The van der Waals surface area contributed by atoms with Crippen molar-refractivity contribution in [2.75, 3.05) is 11.9 Å². The van der Waals surface area contributed by atoms with Gasteiger partial charge in [-0.3, -0.25) is 14.5 Å². The molecule has 1 saturated carbocycles. The van der Waals surface area contributed by atoms with Crippen molar-refractivity contribution in [2.24, 2.45) is 5.92 Å². The zero-order valence-corrected chi connectivity index (χ0v) is 16.2. The molecule has 4 amide bonds. The number of carbonyl (C=O) groups is 3. The minimum atomic E-state index is -0.880. The van der Waals surface area contributed by atoms with Gasteiger partial charge in [-0.15, -0.1) is 0 Å². The summed E-state index contributed by atoms with van der Waals surface area (Å²) in [5.74, 6) is 0.0907. The normalized spacial score (nSPS) is 21.1. The number of benzene rings is 2. The quantitative estimate of drug-likeness (QED) is 0.708. The van der Waals surface area contributed by atoms with Gasteiger partial charge in [-0.1, -0.05) is 30.3 Å². The second kappa shape index (κ2) is 7.58. The number of rotatable bonds is 7. The molecule has 2 aromatic carbocycles. The predicted molar refractivity (Wildman–Crippen MR) is 107 cm³/mol. The number of hydrogen-bond acceptors (Lipinski definition) is 4. The van der Waals surface area contributed by atoms with E-state index >= 15 is 0 Å². The van der Waals surface area contributed by atoms with Crippen LogP contribution in [-0.4, -0.2) is 34.8 Å². The van der Waals surface area contributed by atoms with Crippen LogP contribution in [0.3, 0.4) is 0 Å². The van der Waals surface area contributed by atoms with Crippen molar-refractivity contribution in [1.29, 1.82) is 0 Å². The molecule has 29 heavy (non-hydrogen) atoms. The Morgan fingerprint density at radius 3 is 2.48 bits per heavy atom. The van der Waals surface area contributed by atoms with Crippen LogP contribution in [0.25, 0.3) is 0 Å². The minimum Gasteiger partial charge on any atom is -0.489 e. The molecule has 1 heterocycles. The minimum absolute atomic E-state index is 0.162. The molecule has 0 spiro atoms. The molecule has 0 aromatic heterocycles. The maximum absolute atomic E-state index is 12.6. The van der Waals surface area contributed by atoms with E-state index in [4.69, 9.17) is 4.74 Å². The third-order valence-corrected chi connectivity index (χ3v) is 5.38. The van der Waals surface area contributed by atoms with E-state index in [1.54, 1.807) is 31.2 Å². The van der Waals surface area contributed by atoms with Gasteiger partial charge in [0.2, 0.25) is 5.91 Å². The molecule has 2 aromatic rings. The first-order valence-corrected chi connectivity index (χ1v) is 9.66. The van der Waals surface area contributed by atoms with Crippen molar-refractivity contribution < 1.29 is 19.1 Å². The Morgan fingerprint density at radius 2 is 1.83 bits per heavy atom. The monoisotopic (exact) mass is 393 g/mol. The Morgan fingerprint density at radius 1 is 1.14 bits per heavy atom. The third-order valence-electron chi connectivity index (χ3n) is 5.38. The van der Waals surface area contributed by atoms with Gasteiger partial charge in [0.05, 0.1) is 0 Å². The molecule has 0 unspecified atom stereocenters. The molecular formula is C22H23N3O4. The second-order valence-corrected chi connectivity index (χ2v) is 7.64. The third kappa shape index (κ3) is 4.08. The largest absolute Gasteiger partial charge is 0.489 e. The molecule has 0 bridgehead atoms. The lowest BCUT2D eigenvalue weighted by Gasteiger charge is -2.20. The van der Waals surface area contributed by atoms with Crippen LogP contribution >= 0.6 is 0 Å². The number of hydrogen-bond donors (Lipinski definition) is 2. The summed E-state index contributed by atoms with van der Waals surface area (Å²) in [6.07, 6.45) is 1.84. The van der Waals surface area contributed by atoms with E-state index in [1.807, 2.05) is 30.3 Å². The molecular weight excluding hydrogens is 370 g/mol. The van der Waals surface area contributed by atoms with Gasteiger partial charge in [-0.25, -0.2) is 4.79 Å². The van der Waals surface area contributed by atoms with E-state index in [1.165, 1.54) is 0 Å². The average Bonchev–Trinajstić information content (AvgIpc) is 3.54. The van der Waals surface area contributed by atoms with Crippen LogP contribution in [-0.2, 0) is 16.2 Å². The molecule has 1 aliphatic carbocycles. The van der Waals surface area contributed by atoms with Gasteiger partial charge in [0.1, 0.15) is 24.4 Å². The maximum atomic E-state index is 12.6. The van der Waals surface area contributed by atoms with Crippen molar-refractivity contribution in [3.05, 3.63) is 60.2 Å². The summed E-state index contributed by atoms with van der Waals surface area (Å²) in [4.78, 5) is 38.1. The molecule has 1 saturated heterocycles. The number of nitrogens with one attached hydrogen (secondary N) is 2. The van der Waals surface area contributed by atoms with E-state index in [2.05, 4.69) is 10.6 Å². The van der Waals surface area contributed by atoms with Gasteiger partial charge >= 0.3 is 6.03 Å². The Bertz CT molecular complexity index is 925. The molecule has 0 radical (unpaired) electrons. The first kappa shape index (κ1) is 19.0. The Kier molecular flexibility index (Phi) is 4.96. The molecule has 150 valence electrons. The van der Waals surface area contributed by atoms with E-state index in [0.29, 0.717) is 18.0 Å². The number of urea groups is 1. The zero-order valence-electron chi connectivity index (χ0n) is 16.2. The van der Waals surface area contributed by atoms with E-state index < -0.39 is 17.5 Å². The van der Waals surface area contributed by atoms with Crippen molar-refractivity contribution in [1.82, 2.24) is 10.2 Å². The molecule has 7 heteroatoms. The number of ether oxygens (including phenoxy) is 1. The summed E-state index contributed by atoms with van der Waals surface area (Å²) in [6, 6.07) is 16.3. The molecule has 2 N–H and O–H groups in total. The standard InChI is InChI=1S/C22H23N3O4/c1-22(16-7-8-16)20(27)25(21(28)24-22)13-19(26)23-17-9-11-18(12-10-17)29-14-15-5-3-2-4-6-15/h2-6,9-12,16H,7-8,13-14H2,1H3,(H,23,26)(H,24,28)/t22-/m1/s1. The fraction of sp³-hybridized carbons (Fsp3) is 0.318. The van der Waals surface area contributed by atoms with Gasteiger partial charge in [0.15, 0.2) is 0 Å². The summed E-state index contributed by atoms with van der Waals surface area (Å²) in [7, 11) is 0. The molecule has 4 rings (SSSR count). The molecule has 7 nitrogen and oxygen atoms in total. The first-order valence-electron chi connectivity index (χ1n) is 9.66. The molecule has 1 atom stereocenters. The fourth-order valence-corrected chi connectivity index (χ4v) is 3.52. The van der Waals surface area contributed by atoms with Gasteiger partial charge in [-0.05, 0) is 55.5 Å². The number of amides is 4. The highest BCUT2D eigenvalue weighted by molar-refractivity contribution is 6.10. The summed E-state index contributed by atoms with van der Waals surface area (Å²) < 4.78 is 5.72. The van der Waals surface area contributed by atoms with Crippen LogP contribution in [0.2, 0.25) is 0 Å². The van der Waals surface area contributed by atoms with Crippen LogP contribution in [0.1, 0.15) is 25.3 Å². The van der Waals surface area contributed by atoms with Crippen molar-refractivity contribution >= 4 is 23.5 Å². The molecule has 2 aliphatic rings. The lowest BCUT2D eigenvalue weighted by atomic mass is 9.96. The van der Waals surface area contributed by atoms with Crippen LogP contribution < -0.4 is 15.4 Å². The van der Waals surface area contributed by atoms with Crippen molar-refractivity contribution in [3.8, 4) is 5.75 Å². The smallest absolute Gasteiger partial charge is 0.325 e. The maximum Gasteiger partial charge on any atom is 0.325 e. The van der Waals surface area contributed by atoms with Crippen LogP contribution in [0.5, 0.6) is 5.75 Å². The number of imide groups is 1. The second-order valence-electron chi connectivity index (χ2n) is 7.64. The van der Waals surface area contributed by atoms with Crippen LogP contribution in [0.4, 0.5) is 10.5 Å². The van der Waals surface area contributed by atoms with Gasteiger partial charge in [0, 0.05) is 5.69 Å². The summed E-state index contributed by atoms with van der Waals surface area (Å²) in [5.41, 5.74) is 0.755. The highest BCUT2D eigenvalue weighted by Gasteiger charge is 2.56. The Labute approximate surface area is 169 Å². The SMILES string of the molecule is C[C@]1(C2CC2)NC(=O)N(CC(=O)Nc2ccc(OCc3ccccc3)cc2)C1=O. The topological polar surface area (TPSA) is 87.7 Å². The van der Waals surface area contributed by atoms with E-state index in [9.17, 15) is 14.4 Å². The van der Waals surface area contributed by atoms with Gasteiger partial charge in [-0.2, -0.15) is 0 Å². The zero-order chi connectivity index (χ0) is 20.4. The van der Waals surface area contributed by atoms with Crippen LogP contribution in [0, 0.1) is 5.92 Å². The first-order chi connectivity index (χ1) is 14.0. The van der Waals surface area contributed by atoms with Crippen molar-refractivity contribution in [2.45, 2.75) is 31.9 Å². The highest BCUT2D eigenvalue weighted by Crippen LogP contribution is 2.42. The lowest BCUT2D eigenvalue weighted by molar-refractivity contribution is -0.134. The fourth-order valence-electron chi connectivity index (χ4n) is 3.52. The van der Waals surface area contributed by atoms with E-state index in [0.717, 1.165) is 23.3 Å². The number of nitrogens with zero attached hydrogens (tertiary/aromatic N) is 1. The number of anilines is 1. The highest BCUT2D eigenvalue weighted by atomic mass is 16.5. The summed E-state index contributed by atoms with van der Waals surface area (Å²) in [6.45, 7) is 1.88. The Balaban J connectivity index is 1.30. The number of carbonyl (C=O) groups excluding carboxylic acids is 3. The molecule has 2 fully saturated rings. The average molecular weight is 393 g/mol. The predicted octanol–water partition coefficient (Wildman–Crippen LogP) is 2.92. The lowest BCUT2D eigenvalue weighted by Crippen LogP contribution is -2.46. The van der Waals surface area contributed by atoms with Crippen LogP contribution in [0.15, 0.2) is 54.6 Å².